The van der Waals surface area contributed by atoms with Gasteiger partial charge in [0.1, 0.15) is 6.04 Å². The number of para-hydroxylation sites is 1. The van der Waals surface area contributed by atoms with Crippen LogP contribution in [0.1, 0.15) is 57.9 Å². The molecule has 0 radical (unpaired) electrons. The second-order valence-corrected chi connectivity index (χ2v) is 10.7. The maximum atomic E-state index is 13.3. The van der Waals surface area contributed by atoms with E-state index in [2.05, 4.69) is 10.3 Å². The molecule has 2 saturated heterocycles. The summed E-state index contributed by atoms with van der Waals surface area (Å²) in [7, 11) is 0. The molecule has 3 N–H and O–H groups in total. The van der Waals surface area contributed by atoms with Crippen molar-refractivity contribution in [1.82, 2.24) is 15.2 Å². The number of aliphatic carboxylic acids is 1. The SMILES string of the molecule is CC(C)CC(CC(=O)N1CC2CCC(CC2)C1)C(=O)N[C@H](Cc1c[nH]c2ccccc12)C(=O)O. The largest absolute Gasteiger partial charge is 0.480 e. The number of H-pyrrole nitrogens is 1. The van der Waals surface area contributed by atoms with E-state index in [0.29, 0.717) is 18.3 Å². The van der Waals surface area contributed by atoms with Gasteiger partial charge in [0.15, 0.2) is 0 Å². The van der Waals surface area contributed by atoms with Crippen LogP contribution in [0, 0.1) is 23.7 Å². The minimum absolute atomic E-state index is 0.0307. The topological polar surface area (TPSA) is 103 Å². The Kier molecular flexibility index (Phi) is 7.59. The van der Waals surface area contributed by atoms with Gasteiger partial charge in [0, 0.05) is 48.9 Å². The average Bonchev–Trinajstić information content (AvgIpc) is 2.96. The Hall–Kier alpha value is -2.83. The zero-order chi connectivity index (χ0) is 24.2. The number of hydrogen-bond donors (Lipinski definition) is 3. The summed E-state index contributed by atoms with van der Waals surface area (Å²) in [6.07, 6.45) is 7.45. The number of benzene rings is 1. The van der Waals surface area contributed by atoms with Crippen LogP contribution in [0.5, 0.6) is 0 Å². The number of fused-ring (bicyclic) bond motifs is 5. The van der Waals surface area contributed by atoms with Gasteiger partial charge in [-0.2, -0.15) is 0 Å². The molecule has 34 heavy (non-hydrogen) atoms. The van der Waals surface area contributed by atoms with E-state index in [0.717, 1.165) is 29.6 Å². The van der Waals surface area contributed by atoms with Crippen molar-refractivity contribution in [3.05, 3.63) is 36.0 Å². The van der Waals surface area contributed by atoms with Crippen LogP contribution in [0.3, 0.4) is 0 Å². The Bertz CT molecular complexity index is 1010. The summed E-state index contributed by atoms with van der Waals surface area (Å²) in [4.78, 5) is 43.6. The molecule has 2 aliphatic heterocycles. The molecule has 184 valence electrons. The Morgan fingerprint density at radius 3 is 2.35 bits per heavy atom. The van der Waals surface area contributed by atoms with E-state index in [1.165, 1.54) is 25.7 Å². The third kappa shape index (κ3) is 5.80. The molecule has 5 rings (SSSR count). The van der Waals surface area contributed by atoms with Crippen LogP contribution in [-0.4, -0.2) is 51.9 Å². The highest BCUT2D eigenvalue weighted by Crippen LogP contribution is 2.34. The number of amides is 2. The van der Waals surface area contributed by atoms with Crippen LogP contribution in [0.2, 0.25) is 0 Å². The zero-order valence-corrected chi connectivity index (χ0v) is 20.3. The van der Waals surface area contributed by atoms with E-state index in [4.69, 9.17) is 0 Å². The summed E-state index contributed by atoms with van der Waals surface area (Å²) in [6.45, 7) is 5.64. The molecule has 1 aliphatic carbocycles. The minimum Gasteiger partial charge on any atom is -0.480 e. The van der Waals surface area contributed by atoms with Gasteiger partial charge in [0.2, 0.25) is 11.8 Å². The average molecular weight is 468 g/mol. The summed E-state index contributed by atoms with van der Waals surface area (Å²) in [5.74, 6) is -0.535. The van der Waals surface area contributed by atoms with Gasteiger partial charge in [-0.05, 0) is 61.5 Å². The molecule has 1 unspecified atom stereocenters. The van der Waals surface area contributed by atoms with Crippen molar-refractivity contribution in [3.8, 4) is 0 Å². The molecule has 7 nitrogen and oxygen atoms in total. The van der Waals surface area contributed by atoms with Gasteiger partial charge in [0.25, 0.3) is 0 Å². The molecule has 1 aromatic heterocycles. The summed E-state index contributed by atoms with van der Waals surface area (Å²) >= 11 is 0. The number of carbonyl (C=O) groups excluding carboxylic acids is 2. The first kappa shape index (κ1) is 24.3. The summed E-state index contributed by atoms with van der Waals surface area (Å²) < 4.78 is 0. The molecule has 2 aromatic rings. The standard InChI is InChI=1S/C27H37N3O4/c1-17(2)11-20(13-25(31)30-15-18-7-8-19(16-30)10-9-18)26(32)29-24(27(33)34)12-21-14-28-23-6-4-3-5-22(21)23/h3-6,14,17-20,24,28H,7-13,15-16H2,1-2H3,(H,29,32)(H,33,34)/t18?,19?,20?,24-/m1/s1. The predicted molar refractivity (Wildman–Crippen MR) is 131 cm³/mol. The molecule has 2 atom stereocenters. The van der Waals surface area contributed by atoms with Gasteiger partial charge in [-0.1, -0.05) is 32.0 Å². The van der Waals surface area contributed by atoms with Gasteiger partial charge in [-0.15, -0.1) is 0 Å². The number of carbonyl (C=O) groups is 3. The molecule has 3 aliphatic rings. The van der Waals surface area contributed by atoms with Gasteiger partial charge >= 0.3 is 5.97 Å². The highest BCUT2D eigenvalue weighted by atomic mass is 16.4. The molecule has 1 aromatic carbocycles. The quantitative estimate of drug-likeness (QED) is 0.519. The molecule has 3 fully saturated rings. The molecule has 7 heteroatoms. The molecule has 3 heterocycles. The predicted octanol–water partition coefficient (Wildman–Crippen LogP) is 3.98. The van der Waals surface area contributed by atoms with Gasteiger partial charge in [-0.25, -0.2) is 4.79 Å². The van der Waals surface area contributed by atoms with Crippen molar-refractivity contribution in [2.75, 3.05) is 13.1 Å². The lowest BCUT2D eigenvalue weighted by molar-refractivity contribution is -0.143. The summed E-state index contributed by atoms with van der Waals surface area (Å²) in [6, 6.07) is 6.66. The molecule has 2 amide bonds. The molecular weight excluding hydrogens is 430 g/mol. The maximum Gasteiger partial charge on any atom is 0.326 e. The fraction of sp³-hybridized carbons (Fsp3) is 0.593. The van der Waals surface area contributed by atoms with Crippen molar-refractivity contribution >= 4 is 28.7 Å². The van der Waals surface area contributed by atoms with E-state index in [1.807, 2.05) is 43.0 Å². The zero-order valence-electron chi connectivity index (χ0n) is 20.3. The molecule has 0 spiro atoms. The number of nitrogens with one attached hydrogen (secondary N) is 2. The molecular formula is C27H37N3O4. The van der Waals surface area contributed by atoms with Gasteiger partial charge in [-0.3, -0.25) is 9.59 Å². The Labute approximate surface area is 201 Å². The second kappa shape index (κ2) is 10.6. The highest BCUT2D eigenvalue weighted by Gasteiger charge is 2.34. The van der Waals surface area contributed by atoms with Crippen LogP contribution in [0.25, 0.3) is 10.9 Å². The van der Waals surface area contributed by atoms with Crippen LogP contribution >= 0.6 is 0 Å². The van der Waals surface area contributed by atoms with Gasteiger partial charge in [0.05, 0.1) is 0 Å². The first-order chi connectivity index (χ1) is 16.3. The van der Waals surface area contributed by atoms with E-state index in [-0.39, 0.29) is 30.6 Å². The van der Waals surface area contributed by atoms with Crippen LogP contribution in [0.4, 0.5) is 0 Å². The second-order valence-electron chi connectivity index (χ2n) is 10.7. The van der Waals surface area contributed by atoms with E-state index in [1.54, 1.807) is 6.20 Å². The number of carboxylic acid groups (broad SMARTS) is 1. The molecule has 1 saturated carbocycles. The first-order valence-electron chi connectivity index (χ1n) is 12.7. The van der Waals surface area contributed by atoms with Crippen LogP contribution in [0.15, 0.2) is 30.5 Å². The summed E-state index contributed by atoms with van der Waals surface area (Å²) in [5, 5.41) is 13.5. The minimum atomic E-state index is -1.07. The Balaban J connectivity index is 1.44. The maximum absolute atomic E-state index is 13.3. The van der Waals surface area contributed by atoms with Crippen molar-refractivity contribution in [2.24, 2.45) is 23.7 Å². The number of hydrogen-bond acceptors (Lipinski definition) is 3. The third-order valence-electron chi connectivity index (χ3n) is 7.54. The van der Waals surface area contributed by atoms with E-state index >= 15 is 0 Å². The lowest BCUT2D eigenvalue weighted by Gasteiger charge is -2.26. The monoisotopic (exact) mass is 467 g/mol. The van der Waals surface area contributed by atoms with E-state index in [9.17, 15) is 19.5 Å². The van der Waals surface area contributed by atoms with Crippen LogP contribution in [-0.2, 0) is 20.8 Å². The first-order valence-corrected chi connectivity index (χ1v) is 12.7. The van der Waals surface area contributed by atoms with Crippen molar-refractivity contribution in [1.29, 1.82) is 0 Å². The molecule has 2 bridgehead atoms. The number of aromatic amines is 1. The number of carboxylic acids is 1. The summed E-state index contributed by atoms with van der Waals surface area (Å²) in [5.41, 5.74) is 1.78. The smallest absolute Gasteiger partial charge is 0.326 e. The van der Waals surface area contributed by atoms with Crippen LogP contribution < -0.4 is 5.32 Å². The van der Waals surface area contributed by atoms with Crippen molar-refractivity contribution in [3.63, 3.8) is 0 Å². The number of aromatic nitrogens is 1. The Morgan fingerprint density at radius 2 is 1.74 bits per heavy atom. The lowest BCUT2D eigenvalue weighted by Crippen LogP contribution is -2.46. The lowest BCUT2D eigenvalue weighted by atomic mass is 9.84. The van der Waals surface area contributed by atoms with Gasteiger partial charge < -0.3 is 20.3 Å². The van der Waals surface area contributed by atoms with Crippen molar-refractivity contribution < 1.29 is 19.5 Å². The normalized spacial score (nSPS) is 21.9. The highest BCUT2D eigenvalue weighted by molar-refractivity contribution is 5.90. The Morgan fingerprint density at radius 1 is 1.09 bits per heavy atom. The fourth-order valence-electron chi connectivity index (χ4n) is 5.70. The third-order valence-corrected chi connectivity index (χ3v) is 7.54. The van der Waals surface area contributed by atoms with Crippen molar-refractivity contribution in [2.45, 2.75) is 64.8 Å². The number of nitrogens with zero attached hydrogens (tertiary/aromatic N) is 1. The number of rotatable bonds is 9. The fourth-order valence-corrected chi connectivity index (χ4v) is 5.70. The van der Waals surface area contributed by atoms with E-state index < -0.39 is 17.9 Å².